The lowest BCUT2D eigenvalue weighted by Crippen LogP contribution is -2.02. The van der Waals surface area contributed by atoms with Crippen molar-refractivity contribution >= 4 is 15.9 Å². The van der Waals surface area contributed by atoms with E-state index < -0.39 is 0 Å². The maximum absolute atomic E-state index is 10.9. The van der Waals surface area contributed by atoms with Crippen molar-refractivity contribution in [2.45, 2.75) is 0 Å². The molecule has 72 valence electrons. The van der Waals surface area contributed by atoms with Gasteiger partial charge in [-0.05, 0) is 24.3 Å². The molecular formula is C9H7BrN2O2. The number of halogens is 1. The van der Waals surface area contributed by atoms with Gasteiger partial charge in [0.15, 0.2) is 0 Å². The van der Waals surface area contributed by atoms with Crippen molar-refractivity contribution in [2.24, 2.45) is 0 Å². The summed E-state index contributed by atoms with van der Waals surface area (Å²) in [6.07, 6.45) is 0. The van der Waals surface area contributed by atoms with Crippen molar-refractivity contribution in [3.8, 4) is 11.6 Å². The van der Waals surface area contributed by atoms with Crippen molar-refractivity contribution in [3.05, 3.63) is 45.2 Å². The predicted octanol–water partition coefficient (Wildman–Crippen LogP) is 1.63. The lowest BCUT2D eigenvalue weighted by atomic mass is 10.3. The monoisotopic (exact) mass is 254 g/mol. The number of aromatic amines is 1. The molecule has 4 nitrogen and oxygen atoms in total. The van der Waals surface area contributed by atoms with Crippen LogP contribution >= 0.6 is 15.9 Å². The van der Waals surface area contributed by atoms with Gasteiger partial charge in [-0.15, -0.1) is 0 Å². The molecule has 14 heavy (non-hydrogen) atoms. The van der Waals surface area contributed by atoms with Gasteiger partial charge in [0.05, 0.1) is 11.8 Å². The smallest absolute Gasteiger partial charge is 0.268 e. The minimum atomic E-state index is -0.328. The third kappa shape index (κ3) is 1.58. The zero-order valence-electron chi connectivity index (χ0n) is 7.07. The van der Waals surface area contributed by atoms with Crippen LogP contribution in [-0.2, 0) is 0 Å². The van der Waals surface area contributed by atoms with Crippen LogP contribution in [0.4, 0.5) is 0 Å². The quantitative estimate of drug-likeness (QED) is 0.813. The van der Waals surface area contributed by atoms with Gasteiger partial charge in [-0.1, -0.05) is 15.9 Å². The maximum Gasteiger partial charge on any atom is 0.268 e. The number of nitrogens with one attached hydrogen (secondary N) is 1. The molecule has 1 heterocycles. The highest BCUT2D eigenvalue weighted by molar-refractivity contribution is 9.10. The molecule has 0 fully saturated rings. The summed E-state index contributed by atoms with van der Waals surface area (Å²) in [4.78, 5) is 10.9. The Labute approximate surface area is 87.9 Å². The number of aromatic hydroxyl groups is 1. The third-order valence-electron chi connectivity index (χ3n) is 1.80. The van der Waals surface area contributed by atoms with Crippen LogP contribution in [0.2, 0.25) is 0 Å². The first kappa shape index (κ1) is 9.08. The SMILES string of the molecule is O=c1cc(O)n(-c2ccc(Br)cc2)[nH]1. The average molecular weight is 255 g/mol. The van der Waals surface area contributed by atoms with Crippen molar-refractivity contribution in [2.75, 3.05) is 0 Å². The topological polar surface area (TPSA) is 58.0 Å². The highest BCUT2D eigenvalue weighted by Crippen LogP contribution is 2.16. The van der Waals surface area contributed by atoms with Crippen LogP contribution in [0.3, 0.4) is 0 Å². The van der Waals surface area contributed by atoms with Gasteiger partial charge in [-0.25, -0.2) is 4.68 Å². The number of aromatic nitrogens is 2. The van der Waals surface area contributed by atoms with Crippen molar-refractivity contribution < 1.29 is 5.11 Å². The van der Waals surface area contributed by atoms with Crippen LogP contribution < -0.4 is 5.56 Å². The summed E-state index contributed by atoms with van der Waals surface area (Å²) >= 11 is 3.30. The molecule has 0 saturated heterocycles. The molecule has 5 heteroatoms. The molecule has 0 aliphatic carbocycles. The van der Waals surface area contributed by atoms with E-state index >= 15 is 0 Å². The number of hydrogen-bond acceptors (Lipinski definition) is 2. The molecule has 2 aromatic rings. The summed E-state index contributed by atoms with van der Waals surface area (Å²) < 4.78 is 2.25. The van der Waals surface area contributed by atoms with Crippen molar-refractivity contribution in [1.29, 1.82) is 0 Å². The first-order valence-electron chi connectivity index (χ1n) is 3.94. The minimum Gasteiger partial charge on any atom is -0.493 e. The number of benzene rings is 1. The van der Waals surface area contributed by atoms with Crippen molar-refractivity contribution in [1.82, 2.24) is 9.78 Å². The molecule has 0 aliphatic rings. The zero-order chi connectivity index (χ0) is 10.1. The number of H-pyrrole nitrogens is 1. The first-order valence-corrected chi connectivity index (χ1v) is 4.73. The average Bonchev–Trinajstić information content (AvgIpc) is 2.47. The standard InChI is InChI=1S/C9H7BrN2O2/c10-6-1-3-7(4-2-6)12-9(14)5-8(13)11-12/h1-5,14H,(H,11,13). The molecule has 0 atom stereocenters. The molecule has 0 saturated carbocycles. The Hall–Kier alpha value is -1.49. The normalized spacial score (nSPS) is 10.4. The fourth-order valence-corrected chi connectivity index (χ4v) is 1.43. The summed E-state index contributed by atoms with van der Waals surface area (Å²) in [5, 5.41) is 11.8. The van der Waals surface area contributed by atoms with E-state index in [1.807, 2.05) is 12.1 Å². The Balaban J connectivity index is 2.54. The number of rotatable bonds is 1. The second kappa shape index (κ2) is 3.34. The maximum atomic E-state index is 10.9. The largest absolute Gasteiger partial charge is 0.493 e. The van der Waals surface area contributed by atoms with E-state index in [2.05, 4.69) is 21.0 Å². The minimum absolute atomic E-state index is 0.0997. The summed E-state index contributed by atoms with van der Waals surface area (Å²) in [6.45, 7) is 0. The zero-order valence-corrected chi connectivity index (χ0v) is 8.65. The van der Waals surface area contributed by atoms with Gasteiger partial charge in [0, 0.05) is 4.47 Å². The van der Waals surface area contributed by atoms with Crippen LogP contribution in [0.1, 0.15) is 0 Å². The Bertz CT molecular complexity index is 498. The Morgan fingerprint density at radius 3 is 2.43 bits per heavy atom. The van der Waals surface area contributed by atoms with Crippen molar-refractivity contribution in [3.63, 3.8) is 0 Å². The number of nitrogens with zero attached hydrogens (tertiary/aromatic N) is 1. The van der Waals surface area contributed by atoms with E-state index in [9.17, 15) is 9.90 Å². The van der Waals surface area contributed by atoms with E-state index in [0.717, 1.165) is 10.5 Å². The summed E-state index contributed by atoms with van der Waals surface area (Å²) in [7, 11) is 0. The molecule has 0 bridgehead atoms. The molecule has 0 radical (unpaired) electrons. The highest BCUT2D eigenvalue weighted by atomic mass is 79.9. The molecule has 0 amide bonds. The van der Waals surface area contributed by atoms with E-state index in [1.54, 1.807) is 12.1 Å². The Kier molecular flexibility index (Phi) is 2.17. The molecular weight excluding hydrogens is 248 g/mol. The summed E-state index contributed by atoms with van der Waals surface area (Å²) in [6, 6.07) is 8.34. The highest BCUT2D eigenvalue weighted by Gasteiger charge is 2.03. The van der Waals surface area contributed by atoms with Gasteiger partial charge >= 0.3 is 0 Å². The van der Waals surface area contributed by atoms with Crippen LogP contribution in [0.5, 0.6) is 5.88 Å². The van der Waals surface area contributed by atoms with E-state index in [-0.39, 0.29) is 11.4 Å². The fourth-order valence-electron chi connectivity index (χ4n) is 1.17. The molecule has 0 unspecified atom stereocenters. The fraction of sp³-hybridized carbons (Fsp3) is 0. The van der Waals surface area contributed by atoms with Crippen LogP contribution in [0.25, 0.3) is 5.69 Å². The molecule has 0 aliphatic heterocycles. The lowest BCUT2D eigenvalue weighted by molar-refractivity contribution is 0.433. The molecule has 2 N–H and O–H groups in total. The molecule has 1 aromatic carbocycles. The molecule has 1 aromatic heterocycles. The molecule has 0 spiro atoms. The van der Waals surface area contributed by atoms with Crippen LogP contribution in [0.15, 0.2) is 39.6 Å². The van der Waals surface area contributed by atoms with Gasteiger partial charge in [-0.2, -0.15) is 0 Å². The lowest BCUT2D eigenvalue weighted by Gasteiger charge is -2.03. The second-order valence-corrected chi connectivity index (χ2v) is 3.71. The van der Waals surface area contributed by atoms with Crippen LogP contribution in [-0.4, -0.2) is 14.9 Å². The molecule has 2 rings (SSSR count). The Morgan fingerprint density at radius 2 is 1.93 bits per heavy atom. The van der Waals surface area contributed by atoms with Gasteiger partial charge in [0.2, 0.25) is 5.88 Å². The second-order valence-electron chi connectivity index (χ2n) is 2.79. The van der Waals surface area contributed by atoms with Crippen LogP contribution in [0, 0.1) is 0 Å². The Morgan fingerprint density at radius 1 is 1.29 bits per heavy atom. The van der Waals surface area contributed by atoms with Gasteiger partial charge in [0.25, 0.3) is 5.56 Å². The summed E-state index contributed by atoms with van der Waals surface area (Å²) in [5.74, 6) is -0.0997. The van der Waals surface area contributed by atoms with E-state index in [4.69, 9.17) is 0 Å². The van der Waals surface area contributed by atoms with Gasteiger partial charge in [0.1, 0.15) is 0 Å². The van der Waals surface area contributed by atoms with Gasteiger partial charge < -0.3 is 5.11 Å². The van der Waals surface area contributed by atoms with Gasteiger partial charge in [-0.3, -0.25) is 9.89 Å². The van der Waals surface area contributed by atoms with E-state index in [0.29, 0.717) is 5.69 Å². The van der Waals surface area contributed by atoms with E-state index in [1.165, 1.54) is 4.68 Å². The summed E-state index contributed by atoms with van der Waals surface area (Å²) in [5.41, 5.74) is 0.373. The first-order chi connectivity index (χ1) is 6.66. The third-order valence-corrected chi connectivity index (χ3v) is 2.32. The number of hydrogen-bond donors (Lipinski definition) is 2. The predicted molar refractivity (Wildman–Crippen MR) is 55.8 cm³/mol.